The molecule has 1 fully saturated rings. The van der Waals surface area contributed by atoms with E-state index in [0.717, 1.165) is 37.7 Å². The molecule has 164 valence electrons. The number of nitrogens with two attached hydrogens (primary N) is 1. The van der Waals surface area contributed by atoms with E-state index in [2.05, 4.69) is 4.98 Å². The van der Waals surface area contributed by atoms with Crippen molar-refractivity contribution < 1.29 is 14.2 Å². The van der Waals surface area contributed by atoms with Gasteiger partial charge in [-0.25, -0.2) is 9.18 Å². The predicted octanol–water partition coefficient (Wildman–Crippen LogP) is 2.33. The van der Waals surface area contributed by atoms with Crippen molar-refractivity contribution in [2.24, 2.45) is 11.7 Å². The number of aliphatic hydroxyl groups is 1. The zero-order chi connectivity index (χ0) is 21.9. The molecule has 3 aromatic rings. The monoisotopic (exact) mass is 445 g/mol. The fraction of sp³-hybridized carbons (Fsp3) is 0.455. The van der Waals surface area contributed by atoms with Crippen LogP contribution in [0, 0.1) is 11.7 Å². The molecule has 0 amide bonds. The summed E-state index contributed by atoms with van der Waals surface area (Å²) in [6.07, 6.45) is 4.09. The van der Waals surface area contributed by atoms with Crippen molar-refractivity contribution in [1.82, 2.24) is 9.55 Å². The highest BCUT2D eigenvalue weighted by Crippen LogP contribution is 2.46. The van der Waals surface area contributed by atoms with Crippen LogP contribution >= 0.6 is 11.3 Å². The van der Waals surface area contributed by atoms with Gasteiger partial charge in [-0.05, 0) is 55.7 Å². The number of nitrogens with zero attached hydrogens (tertiary/aromatic N) is 1. The second-order valence-corrected chi connectivity index (χ2v) is 9.57. The molecule has 2 atom stereocenters. The number of fused-ring (bicyclic) bond motifs is 2. The summed E-state index contributed by atoms with van der Waals surface area (Å²) < 4.78 is 22.5. The number of H-pyrrole nitrogens is 1. The topological polar surface area (TPSA) is 110 Å². The first-order chi connectivity index (χ1) is 14.9. The Morgan fingerprint density at radius 3 is 2.81 bits per heavy atom. The summed E-state index contributed by atoms with van der Waals surface area (Å²) in [7, 11) is 1.43. The van der Waals surface area contributed by atoms with Gasteiger partial charge in [0.1, 0.15) is 11.3 Å². The minimum Gasteiger partial charge on any atom is -0.494 e. The summed E-state index contributed by atoms with van der Waals surface area (Å²) in [5.74, 6) is -0.160. The van der Waals surface area contributed by atoms with Crippen LogP contribution in [0.3, 0.4) is 0 Å². The number of rotatable bonds is 5. The number of ether oxygens (including phenoxy) is 1. The van der Waals surface area contributed by atoms with Crippen LogP contribution in [-0.4, -0.2) is 34.4 Å². The van der Waals surface area contributed by atoms with Crippen molar-refractivity contribution in [3.8, 4) is 16.2 Å². The number of methoxy groups -OCH3 is 1. The van der Waals surface area contributed by atoms with Gasteiger partial charge in [0.15, 0.2) is 5.75 Å². The van der Waals surface area contributed by atoms with Gasteiger partial charge in [-0.1, -0.05) is 0 Å². The molecule has 1 saturated carbocycles. The summed E-state index contributed by atoms with van der Waals surface area (Å²) in [6.45, 7) is -0.0582. The predicted molar refractivity (Wildman–Crippen MR) is 117 cm³/mol. The van der Waals surface area contributed by atoms with E-state index in [4.69, 9.17) is 10.5 Å². The van der Waals surface area contributed by atoms with Gasteiger partial charge >= 0.3 is 5.69 Å². The van der Waals surface area contributed by atoms with Crippen LogP contribution in [-0.2, 0) is 12.8 Å². The number of aromatic nitrogens is 2. The molecule has 0 radical (unpaired) electrons. The maximum Gasteiger partial charge on any atom is 0.329 e. The fourth-order valence-corrected chi connectivity index (χ4v) is 5.91. The number of halogens is 1. The van der Waals surface area contributed by atoms with Crippen LogP contribution in [0.5, 0.6) is 5.75 Å². The Kier molecular flexibility index (Phi) is 4.99. The Balaban J connectivity index is 1.71. The summed E-state index contributed by atoms with van der Waals surface area (Å²) in [6, 6.07) is 2.86. The number of benzene rings is 1. The number of aryl methyl sites for hydroxylation is 1. The first-order valence-electron chi connectivity index (χ1n) is 10.5. The zero-order valence-electron chi connectivity index (χ0n) is 17.1. The average Bonchev–Trinajstić information content (AvgIpc) is 3.50. The highest BCUT2D eigenvalue weighted by atomic mass is 32.1. The Hall–Kier alpha value is -2.49. The van der Waals surface area contributed by atoms with Crippen molar-refractivity contribution >= 4 is 22.2 Å². The van der Waals surface area contributed by atoms with Gasteiger partial charge in [-0.2, -0.15) is 0 Å². The van der Waals surface area contributed by atoms with Crippen molar-refractivity contribution in [3.63, 3.8) is 0 Å². The summed E-state index contributed by atoms with van der Waals surface area (Å²) in [4.78, 5) is 29.2. The minimum absolute atomic E-state index is 0.0173. The highest BCUT2D eigenvalue weighted by molar-refractivity contribution is 7.15. The van der Waals surface area contributed by atoms with E-state index in [1.165, 1.54) is 34.0 Å². The number of hydrogen-bond donors (Lipinski definition) is 3. The standard InChI is InChI=1S/C22H24FN3O4S/c1-30-20-18(17-7-11-6-10(15(24)9-27)2-5-16(11)31-17)14(23)8-13-19(20)26(12-3-4-12)22(29)25-21(13)28/h7-8,10,12,15,27H,2-6,9,24H2,1H3,(H,25,28,29). The first kappa shape index (κ1) is 20.4. The van der Waals surface area contributed by atoms with Gasteiger partial charge in [-0.3, -0.25) is 14.3 Å². The lowest BCUT2D eigenvalue weighted by Crippen LogP contribution is -2.36. The van der Waals surface area contributed by atoms with E-state index in [1.54, 1.807) is 0 Å². The molecule has 2 heterocycles. The number of hydrogen-bond acceptors (Lipinski definition) is 6. The Labute approximate surface area is 181 Å². The molecule has 2 unspecified atom stereocenters. The summed E-state index contributed by atoms with van der Waals surface area (Å²) >= 11 is 1.50. The molecule has 5 rings (SSSR count). The van der Waals surface area contributed by atoms with Crippen LogP contribution in [0.25, 0.3) is 21.3 Å². The third-order valence-corrected chi connectivity index (χ3v) is 7.69. The molecular formula is C22H24FN3O4S. The molecule has 0 aliphatic heterocycles. The Morgan fingerprint density at radius 1 is 1.35 bits per heavy atom. The Bertz CT molecular complexity index is 1290. The van der Waals surface area contributed by atoms with Gasteiger partial charge < -0.3 is 15.6 Å². The van der Waals surface area contributed by atoms with E-state index in [9.17, 15) is 14.7 Å². The lowest BCUT2D eigenvalue weighted by molar-refractivity contribution is 0.216. The molecule has 7 nitrogen and oxygen atoms in total. The number of aromatic amines is 1. The van der Waals surface area contributed by atoms with Crippen LogP contribution < -0.4 is 21.7 Å². The van der Waals surface area contributed by atoms with E-state index in [-0.39, 0.29) is 41.3 Å². The Morgan fingerprint density at radius 2 is 2.13 bits per heavy atom. The van der Waals surface area contributed by atoms with Crippen molar-refractivity contribution in [3.05, 3.63) is 49.2 Å². The lowest BCUT2D eigenvalue weighted by Gasteiger charge is -2.26. The first-order valence-corrected chi connectivity index (χ1v) is 11.3. The minimum atomic E-state index is -0.619. The van der Waals surface area contributed by atoms with E-state index >= 15 is 4.39 Å². The molecule has 1 aromatic carbocycles. The molecule has 31 heavy (non-hydrogen) atoms. The molecule has 0 saturated heterocycles. The SMILES string of the molecule is COc1c(-c2cc3c(s2)CCC(C(N)CO)C3)c(F)cc2c(=O)[nH]c(=O)n(C3CC3)c12. The van der Waals surface area contributed by atoms with Crippen molar-refractivity contribution in [2.75, 3.05) is 13.7 Å². The second kappa shape index (κ2) is 7.58. The van der Waals surface area contributed by atoms with E-state index < -0.39 is 17.1 Å². The van der Waals surface area contributed by atoms with Crippen molar-refractivity contribution in [1.29, 1.82) is 0 Å². The van der Waals surface area contributed by atoms with Crippen LogP contribution in [0.4, 0.5) is 4.39 Å². The smallest absolute Gasteiger partial charge is 0.329 e. The van der Waals surface area contributed by atoms with Gasteiger partial charge in [0.05, 0.1) is 24.7 Å². The number of aliphatic hydroxyl groups excluding tert-OH is 1. The molecule has 2 aliphatic rings. The zero-order valence-corrected chi connectivity index (χ0v) is 17.9. The second-order valence-electron chi connectivity index (χ2n) is 8.43. The molecule has 9 heteroatoms. The molecule has 4 N–H and O–H groups in total. The fourth-order valence-electron chi connectivity index (χ4n) is 4.65. The van der Waals surface area contributed by atoms with Crippen LogP contribution in [0.2, 0.25) is 0 Å². The number of thiophene rings is 1. The van der Waals surface area contributed by atoms with Gasteiger partial charge in [0.25, 0.3) is 5.56 Å². The normalized spacial score (nSPS) is 19.4. The summed E-state index contributed by atoms with van der Waals surface area (Å²) in [5.41, 5.74) is 6.65. The molecule has 2 aromatic heterocycles. The maximum atomic E-state index is 15.3. The largest absolute Gasteiger partial charge is 0.494 e. The molecule has 2 aliphatic carbocycles. The quantitative estimate of drug-likeness (QED) is 0.558. The molecule has 0 bridgehead atoms. The molecular weight excluding hydrogens is 421 g/mol. The van der Waals surface area contributed by atoms with Gasteiger partial charge in [0, 0.05) is 21.8 Å². The van der Waals surface area contributed by atoms with Crippen molar-refractivity contribution in [2.45, 2.75) is 44.2 Å². The third kappa shape index (κ3) is 3.31. The average molecular weight is 446 g/mol. The maximum absolute atomic E-state index is 15.3. The summed E-state index contributed by atoms with van der Waals surface area (Å²) in [5, 5.41) is 9.51. The van der Waals surface area contributed by atoms with Gasteiger partial charge in [0.2, 0.25) is 0 Å². The van der Waals surface area contributed by atoms with Crippen LogP contribution in [0.1, 0.15) is 35.7 Å². The highest BCUT2D eigenvalue weighted by Gasteiger charge is 2.32. The lowest BCUT2D eigenvalue weighted by atomic mass is 9.84. The van der Waals surface area contributed by atoms with Gasteiger partial charge in [-0.15, -0.1) is 11.3 Å². The molecule has 0 spiro atoms. The van der Waals surface area contributed by atoms with Crippen LogP contribution in [0.15, 0.2) is 21.7 Å². The number of nitrogens with one attached hydrogen (secondary N) is 1. The van der Waals surface area contributed by atoms with E-state index in [0.29, 0.717) is 10.4 Å². The van der Waals surface area contributed by atoms with E-state index in [1.807, 2.05) is 6.07 Å². The third-order valence-electron chi connectivity index (χ3n) is 6.43.